The number of carbonyl (C=O) groups is 1. The van der Waals surface area contributed by atoms with Crippen molar-refractivity contribution < 1.29 is 14.1 Å². The van der Waals surface area contributed by atoms with Crippen LogP contribution >= 0.6 is 11.6 Å². The average Bonchev–Trinajstić information content (AvgIpc) is 3.19. The van der Waals surface area contributed by atoms with Crippen LogP contribution in [0.3, 0.4) is 0 Å². The number of hydrogen-bond donors (Lipinski definition) is 1. The van der Waals surface area contributed by atoms with E-state index >= 15 is 0 Å². The molecular weight excluding hydrogens is 294 g/mol. The van der Waals surface area contributed by atoms with E-state index in [2.05, 4.69) is 15.5 Å². The third kappa shape index (κ3) is 3.22. The minimum Gasteiger partial charge on any atom is -0.381 e. The average molecular weight is 308 g/mol. The van der Waals surface area contributed by atoms with E-state index in [1.807, 2.05) is 12.1 Å². The van der Waals surface area contributed by atoms with Gasteiger partial charge >= 0.3 is 0 Å². The maximum atomic E-state index is 12.3. The van der Waals surface area contributed by atoms with Crippen LogP contribution < -0.4 is 5.32 Å². The van der Waals surface area contributed by atoms with Crippen LogP contribution in [0, 0.1) is 5.92 Å². The summed E-state index contributed by atoms with van der Waals surface area (Å²) in [6.07, 6.45) is 1.97. The van der Waals surface area contributed by atoms with Gasteiger partial charge in [0.1, 0.15) is 6.04 Å². The smallest absolute Gasteiger partial charge is 0.226 e. The number of nitrogens with zero attached hydrogens (tertiary/aromatic N) is 2. The molecule has 1 fully saturated rings. The molecule has 0 unspecified atom stereocenters. The monoisotopic (exact) mass is 307 g/mol. The fraction of sp³-hybridized carbons (Fsp3) is 0.357. The maximum absolute atomic E-state index is 12.3. The van der Waals surface area contributed by atoms with Gasteiger partial charge in [0.2, 0.25) is 12.3 Å². The molecule has 0 radical (unpaired) electrons. The molecule has 1 saturated heterocycles. The molecule has 6 nitrogen and oxygen atoms in total. The summed E-state index contributed by atoms with van der Waals surface area (Å²) in [5, 5.41) is 7.41. The summed E-state index contributed by atoms with van der Waals surface area (Å²) < 4.78 is 10.0. The summed E-state index contributed by atoms with van der Waals surface area (Å²) in [7, 11) is 0. The molecule has 0 bridgehead atoms. The molecule has 2 atom stereocenters. The van der Waals surface area contributed by atoms with E-state index in [1.54, 1.807) is 12.1 Å². The summed E-state index contributed by atoms with van der Waals surface area (Å²) in [5.41, 5.74) is 0.841. The standard InChI is InChI=1S/C14H14ClN3O3/c15-11-3-1-9(2-4-11)12(13-16-8-21-18-13)17-14(19)10-5-6-20-7-10/h1-4,8,10,12H,5-7H2,(H,17,19)/t10-,12-/m0/s1. The second-order valence-electron chi connectivity index (χ2n) is 4.84. The Morgan fingerprint density at radius 3 is 2.81 bits per heavy atom. The highest BCUT2D eigenvalue weighted by Gasteiger charge is 2.28. The number of aromatic nitrogens is 2. The summed E-state index contributed by atoms with van der Waals surface area (Å²) in [6, 6.07) is 6.71. The lowest BCUT2D eigenvalue weighted by molar-refractivity contribution is -0.125. The number of ether oxygens (including phenoxy) is 1. The number of benzene rings is 1. The van der Waals surface area contributed by atoms with Gasteiger partial charge in [0.05, 0.1) is 12.5 Å². The van der Waals surface area contributed by atoms with Gasteiger partial charge < -0.3 is 14.6 Å². The number of nitrogens with one attached hydrogen (secondary N) is 1. The molecule has 1 aliphatic rings. The topological polar surface area (TPSA) is 77.3 Å². The Morgan fingerprint density at radius 2 is 2.19 bits per heavy atom. The normalized spacial score (nSPS) is 19.4. The Labute approximate surface area is 126 Å². The second kappa shape index (κ2) is 6.24. The van der Waals surface area contributed by atoms with E-state index in [-0.39, 0.29) is 11.8 Å². The van der Waals surface area contributed by atoms with Gasteiger partial charge in [-0.1, -0.05) is 28.9 Å². The van der Waals surface area contributed by atoms with Gasteiger partial charge in [-0.3, -0.25) is 4.79 Å². The number of amides is 1. The van der Waals surface area contributed by atoms with Crippen molar-refractivity contribution in [2.45, 2.75) is 12.5 Å². The molecule has 1 amide bonds. The van der Waals surface area contributed by atoms with Crippen molar-refractivity contribution in [3.63, 3.8) is 0 Å². The van der Waals surface area contributed by atoms with E-state index < -0.39 is 6.04 Å². The molecule has 1 aromatic carbocycles. The lowest BCUT2D eigenvalue weighted by Gasteiger charge is -2.18. The van der Waals surface area contributed by atoms with Crippen LogP contribution in [0.4, 0.5) is 0 Å². The summed E-state index contributed by atoms with van der Waals surface area (Å²) >= 11 is 5.90. The van der Waals surface area contributed by atoms with Gasteiger partial charge in [0.15, 0.2) is 5.82 Å². The van der Waals surface area contributed by atoms with E-state index in [0.717, 1.165) is 12.0 Å². The predicted molar refractivity (Wildman–Crippen MR) is 74.7 cm³/mol. The first kappa shape index (κ1) is 14.0. The number of halogens is 1. The first-order chi connectivity index (χ1) is 10.2. The van der Waals surface area contributed by atoms with E-state index in [0.29, 0.717) is 24.1 Å². The van der Waals surface area contributed by atoms with Gasteiger partial charge in [-0.25, -0.2) is 0 Å². The van der Waals surface area contributed by atoms with Crippen molar-refractivity contribution in [1.29, 1.82) is 0 Å². The van der Waals surface area contributed by atoms with E-state index in [4.69, 9.17) is 20.9 Å². The summed E-state index contributed by atoms with van der Waals surface area (Å²) in [4.78, 5) is 16.3. The highest BCUT2D eigenvalue weighted by atomic mass is 35.5. The minimum atomic E-state index is -0.464. The molecule has 7 heteroatoms. The zero-order valence-corrected chi connectivity index (χ0v) is 11.9. The highest BCUT2D eigenvalue weighted by Crippen LogP contribution is 2.22. The van der Waals surface area contributed by atoms with Crippen LogP contribution in [0.25, 0.3) is 0 Å². The quantitative estimate of drug-likeness (QED) is 0.934. The molecule has 0 saturated carbocycles. The van der Waals surface area contributed by atoms with Crippen molar-refractivity contribution in [2.75, 3.05) is 13.2 Å². The molecule has 2 heterocycles. The van der Waals surface area contributed by atoms with Crippen LogP contribution in [0.15, 0.2) is 35.2 Å². The number of hydrogen-bond acceptors (Lipinski definition) is 5. The molecule has 2 aromatic rings. The summed E-state index contributed by atoms with van der Waals surface area (Å²) in [5.74, 6) is 0.202. The molecule has 110 valence electrons. The van der Waals surface area contributed by atoms with Gasteiger partial charge in [0.25, 0.3) is 0 Å². The molecular formula is C14H14ClN3O3. The van der Waals surface area contributed by atoms with E-state index in [9.17, 15) is 4.79 Å². The van der Waals surface area contributed by atoms with Gasteiger partial charge in [0, 0.05) is 11.6 Å². The third-order valence-electron chi connectivity index (χ3n) is 3.43. The van der Waals surface area contributed by atoms with Gasteiger partial charge in [-0.2, -0.15) is 4.98 Å². The van der Waals surface area contributed by atoms with Crippen LogP contribution in [-0.2, 0) is 9.53 Å². The Bertz CT molecular complexity index is 594. The summed E-state index contributed by atoms with van der Waals surface area (Å²) in [6.45, 7) is 1.07. The lowest BCUT2D eigenvalue weighted by Crippen LogP contribution is -2.35. The predicted octanol–water partition coefficient (Wildman–Crippen LogP) is 1.97. The third-order valence-corrected chi connectivity index (χ3v) is 3.68. The molecule has 1 N–H and O–H groups in total. The van der Waals surface area contributed by atoms with Crippen LogP contribution in [0.2, 0.25) is 5.02 Å². The minimum absolute atomic E-state index is 0.0720. The first-order valence-electron chi connectivity index (χ1n) is 6.64. The number of carbonyl (C=O) groups excluding carboxylic acids is 1. The number of rotatable bonds is 4. The SMILES string of the molecule is O=C(N[C@@H](c1ccc(Cl)cc1)c1ncon1)[C@H]1CCOC1. The van der Waals surface area contributed by atoms with Crippen molar-refractivity contribution in [1.82, 2.24) is 15.5 Å². The lowest BCUT2D eigenvalue weighted by atomic mass is 10.0. The van der Waals surface area contributed by atoms with Crippen molar-refractivity contribution in [3.8, 4) is 0 Å². The molecule has 0 spiro atoms. The molecule has 0 aliphatic carbocycles. The molecule has 3 rings (SSSR count). The van der Waals surface area contributed by atoms with Crippen molar-refractivity contribution >= 4 is 17.5 Å². The molecule has 21 heavy (non-hydrogen) atoms. The van der Waals surface area contributed by atoms with Gasteiger partial charge in [-0.15, -0.1) is 0 Å². The van der Waals surface area contributed by atoms with Crippen LogP contribution in [-0.4, -0.2) is 29.3 Å². The Kier molecular flexibility index (Phi) is 4.17. The Hall–Kier alpha value is -1.92. The fourth-order valence-electron chi connectivity index (χ4n) is 2.26. The van der Waals surface area contributed by atoms with Crippen molar-refractivity contribution in [2.24, 2.45) is 5.92 Å². The Morgan fingerprint density at radius 1 is 1.38 bits per heavy atom. The largest absolute Gasteiger partial charge is 0.381 e. The van der Waals surface area contributed by atoms with E-state index in [1.165, 1.54) is 6.39 Å². The Balaban J connectivity index is 1.82. The zero-order valence-electron chi connectivity index (χ0n) is 11.2. The fourth-order valence-corrected chi connectivity index (χ4v) is 2.39. The first-order valence-corrected chi connectivity index (χ1v) is 7.01. The van der Waals surface area contributed by atoms with Crippen molar-refractivity contribution in [3.05, 3.63) is 47.1 Å². The molecule has 1 aliphatic heterocycles. The highest BCUT2D eigenvalue weighted by molar-refractivity contribution is 6.30. The van der Waals surface area contributed by atoms with Crippen LogP contribution in [0.5, 0.6) is 0 Å². The zero-order chi connectivity index (χ0) is 14.7. The maximum Gasteiger partial charge on any atom is 0.226 e. The second-order valence-corrected chi connectivity index (χ2v) is 5.28. The molecule has 1 aromatic heterocycles. The van der Waals surface area contributed by atoms with Crippen LogP contribution in [0.1, 0.15) is 23.9 Å². The van der Waals surface area contributed by atoms with Gasteiger partial charge in [-0.05, 0) is 24.1 Å².